The molecule has 1 fully saturated rings. The number of carbonyl (C=O) groups is 2. The van der Waals surface area contributed by atoms with Gasteiger partial charge in [-0.1, -0.05) is 30.9 Å². The van der Waals surface area contributed by atoms with Crippen LogP contribution >= 0.6 is 11.6 Å². The fourth-order valence-electron chi connectivity index (χ4n) is 2.63. The Bertz CT molecular complexity index is 616. The lowest BCUT2D eigenvalue weighted by Crippen LogP contribution is -2.52. The number of hydrogen-bond donors (Lipinski definition) is 1. The van der Waals surface area contributed by atoms with Crippen LogP contribution in [0.4, 0.5) is 0 Å². The molecule has 0 saturated heterocycles. The zero-order valence-corrected chi connectivity index (χ0v) is 13.7. The normalized spacial score (nSPS) is 17.6. The summed E-state index contributed by atoms with van der Waals surface area (Å²) in [5.74, 6) is -1.05. The molecule has 1 N–H and O–H groups in total. The molecule has 0 aliphatic heterocycles. The van der Waals surface area contributed by atoms with Crippen LogP contribution in [0.5, 0.6) is 0 Å². The van der Waals surface area contributed by atoms with Crippen molar-refractivity contribution >= 4 is 23.5 Å². The Morgan fingerprint density at radius 3 is 2.43 bits per heavy atom. The Morgan fingerprint density at radius 2 is 1.87 bits per heavy atom. The number of rotatable bonds is 4. The molecule has 2 rings (SSSR count). The van der Waals surface area contributed by atoms with Crippen LogP contribution in [-0.4, -0.2) is 23.5 Å². The summed E-state index contributed by atoms with van der Waals surface area (Å²) in [6.07, 6.45) is 3.19. The molecule has 1 aliphatic rings. The summed E-state index contributed by atoms with van der Waals surface area (Å²) in [6, 6.07) is 8.44. The minimum atomic E-state index is -0.967. The van der Waals surface area contributed by atoms with Crippen molar-refractivity contribution < 1.29 is 14.3 Å². The van der Waals surface area contributed by atoms with Gasteiger partial charge in [-0.05, 0) is 44.0 Å². The second kappa shape index (κ2) is 7.47. The van der Waals surface area contributed by atoms with Gasteiger partial charge in [0.15, 0.2) is 6.10 Å². The van der Waals surface area contributed by atoms with E-state index in [2.05, 4.69) is 11.4 Å². The molecule has 1 saturated carbocycles. The first-order chi connectivity index (χ1) is 11.0. The molecular weight excluding hydrogens is 316 g/mol. The van der Waals surface area contributed by atoms with Gasteiger partial charge < -0.3 is 10.1 Å². The molecular formula is C17H19ClN2O3. The molecule has 6 heteroatoms. The molecule has 1 amide bonds. The first-order valence-corrected chi connectivity index (χ1v) is 8.03. The van der Waals surface area contributed by atoms with E-state index in [0.29, 0.717) is 23.4 Å². The van der Waals surface area contributed by atoms with Gasteiger partial charge in [-0.2, -0.15) is 5.26 Å². The van der Waals surface area contributed by atoms with Gasteiger partial charge >= 0.3 is 5.97 Å². The van der Waals surface area contributed by atoms with Crippen molar-refractivity contribution in [3.63, 3.8) is 0 Å². The van der Waals surface area contributed by atoms with Crippen LogP contribution in [0.15, 0.2) is 24.3 Å². The summed E-state index contributed by atoms with van der Waals surface area (Å²) in [7, 11) is 0. The van der Waals surface area contributed by atoms with Crippen molar-refractivity contribution in [3.8, 4) is 6.07 Å². The van der Waals surface area contributed by atoms with Crippen molar-refractivity contribution in [2.75, 3.05) is 0 Å². The number of nitriles is 1. The number of hydrogen-bond acceptors (Lipinski definition) is 4. The summed E-state index contributed by atoms with van der Waals surface area (Å²) >= 11 is 5.77. The predicted molar refractivity (Wildman–Crippen MR) is 85.9 cm³/mol. The Hall–Kier alpha value is -2.06. The highest BCUT2D eigenvalue weighted by Gasteiger charge is 2.35. The van der Waals surface area contributed by atoms with E-state index in [1.54, 1.807) is 12.1 Å². The number of halogens is 1. The van der Waals surface area contributed by atoms with Gasteiger partial charge in [0.1, 0.15) is 5.54 Å². The topological polar surface area (TPSA) is 79.2 Å². The molecule has 0 unspecified atom stereocenters. The lowest BCUT2D eigenvalue weighted by Gasteiger charge is -2.32. The summed E-state index contributed by atoms with van der Waals surface area (Å²) in [6.45, 7) is 1.50. The lowest BCUT2D eigenvalue weighted by atomic mass is 9.83. The monoisotopic (exact) mass is 334 g/mol. The molecule has 0 bridgehead atoms. The number of esters is 1. The van der Waals surface area contributed by atoms with E-state index < -0.39 is 23.5 Å². The Balaban J connectivity index is 1.95. The maximum Gasteiger partial charge on any atom is 0.338 e. The first-order valence-electron chi connectivity index (χ1n) is 7.66. The molecule has 1 aliphatic carbocycles. The molecule has 1 atom stereocenters. The van der Waals surface area contributed by atoms with Crippen LogP contribution < -0.4 is 5.32 Å². The Labute approximate surface area is 140 Å². The maximum absolute atomic E-state index is 12.2. The average molecular weight is 335 g/mol. The number of carbonyl (C=O) groups excluding carboxylic acids is 2. The summed E-state index contributed by atoms with van der Waals surface area (Å²) in [5.41, 5.74) is -0.516. The van der Waals surface area contributed by atoms with Crippen molar-refractivity contribution in [1.29, 1.82) is 5.26 Å². The van der Waals surface area contributed by atoms with Crippen molar-refractivity contribution in [2.45, 2.75) is 50.7 Å². The molecule has 0 radical (unpaired) electrons. The standard InChI is InChI=1S/C17H19ClN2O3/c1-12(23-16(22)13-5-7-14(18)8-6-13)15(21)20-17(11-19)9-3-2-4-10-17/h5-8,12H,2-4,9-10H2,1H3,(H,20,21)/t12-/m0/s1. The zero-order valence-electron chi connectivity index (χ0n) is 13.0. The van der Waals surface area contributed by atoms with Gasteiger partial charge in [0.2, 0.25) is 0 Å². The smallest absolute Gasteiger partial charge is 0.338 e. The molecule has 0 aromatic heterocycles. The highest BCUT2D eigenvalue weighted by atomic mass is 35.5. The Morgan fingerprint density at radius 1 is 1.26 bits per heavy atom. The van der Waals surface area contributed by atoms with Gasteiger partial charge in [-0.15, -0.1) is 0 Å². The van der Waals surface area contributed by atoms with E-state index in [4.69, 9.17) is 16.3 Å². The summed E-state index contributed by atoms with van der Waals surface area (Å²) in [5, 5.41) is 12.6. The fraction of sp³-hybridized carbons (Fsp3) is 0.471. The van der Waals surface area contributed by atoms with Crippen LogP contribution in [0.3, 0.4) is 0 Å². The minimum absolute atomic E-state index is 0.321. The molecule has 0 heterocycles. The van der Waals surface area contributed by atoms with E-state index in [9.17, 15) is 14.9 Å². The van der Waals surface area contributed by atoms with Crippen molar-refractivity contribution in [2.24, 2.45) is 0 Å². The Kier molecular flexibility index (Phi) is 5.62. The number of ether oxygens (including phenoxy) is 1. The van der Waals surface area contributed by atoms with Gasteiger partial charge in [0, 0.05) is 5.02 Å². The third kappa shape index (κ3) is 4.46. The molecule has 5 nitrogen and oxygen atoms in total. The lowest BCUT2D eigenvalue weighted by molar-refractivity contribution is -0.130. The van der Waals surface area contributed by atoms with E-state index in [1.807, 2.05) is 0 Å². The number of nitrogens with one attached hydrogen (secondary N) is 1. The van der Waals surface area contributed by atoms with Crippen LogP contribution in [0.1, 0.15) is 49.4 Å². The third-order valence-corrected chi connectivity index (χ3v) is 4.27. The van der Waals surface area contributed by atoms with Crippen LogP contribution in [0, 0.1) is 11.3 Å². The van der Waals surface area contributed by atoms with Gasteiger partial charge in [-0.25, -0.2) is 4.79 Å². The maximum atomic E-state index is 12.2. The molecule has 1 aromatic carbocycles. The SMILES string of the molecule is C[C@H](OC(=O)c1ccc(Cl)cc1)C(=O)NC1(C#N)CCCCC1. The van der Waals surface area contributed by atoms with E-state index in [-0.39, 0.29) is 0 Å². The van der Waals surface area contributed by atoms with Gasteiger partial charge in [0.05, 0.1) is 11.6 Å². The van der Waals surface area contributed by atoms with Gasteiger partial charge in [0.25, 0.3) is 5.91 Å². The third-order valence-electron chi connectivity index (χ3n) is 4.02. The highest BCUT2D eigenvalue weighted by Crippen LogP contribution is 2.27. The van der Waals surface area contributed by atoms with Gasteiger partial charge in [-0.3, -0.25) is 4.79 Å². The second-order valence-electron chi connectivity index (χ2n) is 5.80. The predicted octanol–water partition coefficient (Wildman–Crippen LogP) is 3.23. The molecule has 1 aromatic rings. The zero-order chi connectivity index (χ0) is 16.9. The molecule has 0 spiro atoms. The number of amides is 1. The van der Waals surface area contributed by atoms with Crippen LogP contribution in [0.25, 0.3) is 0 Å². The first kappa shape index (κ1) is 17.3. The number of nitrogens with zero attached hydrogens (tertiary/aromatic N) is 1. The molecule has 122 valence electrons. The second-order valence-corrected chi connectivity index (χ2v) is 6.23. The van der Waals surface area contributed by atoms with Crippen LogP contribution in [0.2, 0.25) is 5.02 Å². The number of benzene rings is 1. The quantitative estimate of drug-likeness (QED) is 0.857. The molecule has 23 heavy (non-hydrogen) atoms. The average Bonchev–Trinajstić information content (AvgIpc) is 2.56. The van der Waals surface area contributed by atoms with E-state index >= 15 is 0 Å². The largest absolute Gasteiger partial charge is 0.449 e. The highest BCUT2D eigenvalue weighted by molar-refractivity contribution is 6.30. The van der Waals surface area contributed by atoms with E-state index in [0.717, 1.165) is 19.3 Å². The van der Waals surface area contributed by atoms with E-state index in [1.165, 1.54) is 19.1 Å². The minimum Gasteiger partial charge on any atom is -0.449 e. The van der Waals surface area contributed by atoms with Crippen molar-refractivity contribution in [1.82, 2.24) is 5.32 Å². The fourth-order valence-corrected chi connectivity index (χ4v) is 2.75. The summed E-state index contributed by atoms with van der Waals surface area (Å²) < 4.78 is 5.17. The van der Waals surface area contributed by atoms with Crippen molar-refractivity contribution in [3.05, 3.63) is 34.9 Å². The summed E-state index contributed by atoms with van der Waals surface area (Å²) in [4.78, 5) is 24.2. The van der Waals surface area contributed by atoms with Crippen LogP contribution in [-0.2, 0) is 9.53 Å².